The van der Waals surface area contributed by atoms with E-state index in [1.807, 2.05) is 6.07 Å². The van der Waals surface area contributed by atoms with Crippen LogP contribution >= 0.6 is 11.3 Å². The molecule has 106 valence electrons. The number of nitrogens with two attached hydrogens (primary N) is 1. The van der Waals surface area contributed by atoms with Crippen LogP contribution in [-0.4, -0.2) is 26.7 Å². The molecule has 1 aromatic heterocycles. The van der Waals surface area contributed by atoms with Gasteiger partial charge in [0.2, 0.25) is 0 Å². The Bertz CT molecular complexity index is 439. The summed E-state index contributed by atoms with van der Waals surface area (Å²) in [6.07, 6.45) is 6.69. The molecule has 0 unspecified atom stereocenters. The molecule has 0 aromatic carbocycles. The topological polar surface area (TPSA) is 55.6 Å². The molecule has 2 N–H and O–H groups in total. The minimum absolute atomic E-state index is 0.347. The maximum absolute atomic E-state index is 11.5. The molecule has 1 fully saturated rings. The molecule has 0 radical (unpaired) electrons. The monoisotopic (exact) mass is 282 g/mol. The smallest absolute Gasteiger partial charge is 0.350 e. The van der Waals surface area contributed by atoms with Crippen molar-refractivity contribution in [2.75, 3.05) is 31.3 Å². The molecule has 0 saturated heterocycles. The lowest BCUT2D eigenvalue weighted by Crippen LogP contribution is -2.26. The van der Waals surface area contributed by atoms with Gasteiger partial charge in [-0.05, 0) is 24.8 Å². The zero-order chi connectivity index (χ0) is 13.8. The quantitative estimate of drug-likeness (QED) is 0.862. The number of nitrogen functional groups attached to an aromatic ring is 1. The highest BCUT2D eigenvalue weighted by atomic mass is 32.1. The Morgan fingerprint density at radius 1 is 1.47 bits per heavy atom. The zero-order valence-corrected chi connectivity index (χ0v) is 12.5. The van der Waals surface area contributed by atoms with Crippen LogP contribution in [0.25, 0.3) is 0 Å². The predicted molar refractivity (Wildman–Crippen MR) is 79.9 cm³/mol. The number of thiophene rings is 1. The van der Waals surface area contributed by atoms with Crippen LogP contribution in [0.2, 0.25) is 0 Å². The first kappa shape index (κ1) is 14.2. The van der Waals surface area contributed by atoms with E-state index in [0.29, 0.717) is 10.6 Å². The Kier molecular flexibility index (Phi) is 4.69. The molecule has 2 rings (SSSR count). The summed E-state index contributed by atoms with van der Waals surface area (Å²) >= 11 is 1.42. The summed E-state index contributed by atoms with van der Waals surface area (Å²) < 4.78 is 4.73. The number of rotatable bonds is 4. The van der Waals surface area contributed by atoms with Crippen molar-refractivity contribution in [1.29, 1.82) is 0 Å². The fourth-order valence-electron chi connectivity index (χ4n) is 2.68. The van der Waals surface area contributed by atoms with Gasteiger partial charge < -0.3 is 15.4 Å². The standard InChI is InChI=1S/C14H22N2O2S/c1-16(9-10-6-4-3-5-7-10)12-8-11(15)13(19-12)14(17)18-2/h8,10H,3-7,9,15H2,1-2H3. The minimum atomic E-state index is -0.347. The Balaban J connectivity index is 2.02. The maximum atomic E-state index is 11.5. The van der Waals surface area contributed by atoms with E-state index < -0.39 is 0 Å². The fourth-order valence-corrected chi connectivity index (χ4v) is 3.65. The molecule has 0 atom stereocenters. The summed E-state index contributed by atoms with van der Waals surface area (Å²) in [6.45, 7) is 1.04. The summed E-state index contributed by atoms with van der Waals surface area (Å²) in [7, 11) is 3.45. The molecule has 1 heterocycles. The van der Waals surface area contributed by atoms with Gasteiger partial charge >= 0.3 is 5.97 Å². The maximum Gasteiger partial charge on any atom is 0.350 e. The lowest BCUT2D eigenvalue weighted by atomic mass is 9.89. The van der Waals surface area contributed by atoms with Crippen LogP contribution in [-0.2, 0) is 4.74 Å². The highest BCUT2D eigenvalue weighted by Crippen LogP contribution is 2.33. The molecule has 5 heteroatoms. The second-order valence-electron chi connectivity index (χ2n) is 5.25. The van der Waals surface area contributed by atoms with E-state index in [1.54, 1.807) is 0 Å². The largest absolute Gasteiger partial charge is 0.465 e. The number of hydrogen-bond acceptors (Lipinski definition) is 5. The summed E-state index contributed by atoms with van der Waals surface area (Å²) in [5.74, 6) is 0.420. The van der Waals surface area contributed by atoms with Gasteiger partial charge in [-0.25, -0.2) is 4.79 Å². The van der Waals surface area contributed by atoms with Crippen molar-refractivity contribution in [3.63, 3.8) is 0 Å². The van der Waals surface area contributed by atoms with Gasteiger partial charge in [0.05, 0.1) is 17.8 Å². The number of carbonyl (C=O) groups excluding carboxylic acids is 1. The molecule has 1 aromatic rings. The van der Waals surface area contributed by atoms with Gasteiger partial charge in [-0.3, -0.25) is 0 Å². The highest BCUT2D eigenvalue weighted by molar-refractivity contribution is 7.18. The Hall–Kier alpha value is -1.23. The van der Waals surface area contributed by atoms with E-state index in [9.17, 15) is 4.79 Å². The van der Waals surface area contributed by atoms with Crippen LogP contribution in [0, 0.1) is 5.92 Å². The van der Waals surface area contributed by atoms with Crippen LogP contribution in [0.1, 0.15) is 41.8 Å². The number of methoxy groups -OCH3 is 1. The normalized spacial score (nSPS) is 16.3. The van der Waals surface area contributed by atoms with Crippen LogP contribution in [0.15, 0.2) is 6.07 Å². The highest BCUT2D eigenvalue weighted by Gasteiger charge is 2.19. The molecule has 0 aliphatic heterocycles. The zero-order valence-electron chi connectivity index (χ0n) is 11.6. The van der Waals surface area contributed by atoms with Crippen molar-refractivity contribution in [3.8, 4) is 0 Å². The number of esters is 1. The first-order valence-electron chi connectivity index (χ1n) is 6.80. The predicted octanol–water partition coefficient (Wildman–Crippen LogP) is 3.13. The van der Waals surface area contributed by atoms with E-state index in [0.717, 1.165) is 17.5 Å². The molecule has 1 aliphatic carbocycles. The Morgan fingerprint density at radius 2 is 2.16 bits per heavy atom. The van der Waals surface area contributed by atoms with E-state index in [4.69, 9.17) is 10.5 Å². The molecule has 1 aliphatic rings. The lowest BCUT2D eigenvalue weighted by Gasteiger charge is -2.27. The molecule has 0 bridgehead atoms. The van der Waals surface area contributed by atoms with Crippen LogP contribution in [0.5, 0.6) is 0 Å². The van der Waals surface area contributed by atoms with Gasteiger partial charge in [-0.15, -0.1) is 11.3 Å². The average Bonchev–Trinajstić information content (AvgIpc) is 2.81. The van der Waals surface area contributed by atoms with Crippen LogP contribution < -0.4 is 10.6 Å². The van der Waals surface area contributed by atoms with Crippen LogP contribution in [0.4, 0.5) is 10.7 Å². The van der Waals surface area contributed by atoms with Gasteiger partial charge in [0.1, 0.15) is 4.88 Å². The molecular weight excluding hydrogens is 260 g/mol. The first-order chi connectivity index (χ1) is 9.11. The number of hydrogen-bond donors (Lipinski definition) is 1. The lowest BCUT2D eigenvalue weighted by molar-refractivity contribution is 0.0607. The van der Waals surface area contributed by atoms with Gasteiger partial charge in [-0.2, -0.15) is 0 Å². The molecular formula is C14H22N2O2S. The van der Waals surface area contributed by atoms with Crippen molar-refractivity contribution in [3.05, 3.63) is 10.9 Å². The summed E-state index contributed by atoms with van der Waals surface area (Å²) in [4.78, 5) is 14.3. The van der Waals surface area contributed by atoms with Gasteiger partial charge in [0, 0.05) is 13.6 Å². The average molecular weight is 282 g/mol. The molecule has 0 amide bonds. The van der Waals surface area contributed by atoms with E-state index >= 15 is 0 Å². The second kappa shape index (κ2) is 6.28. The minimum Gasteiger partial charge on any atom is -0.465 e. The number of nitrogens with zero attached hydrogens (tertiary/aromatic N) is 1. The summed E-state index contributed by atoms with van der Waals surface area (Å²) in [6, 6.07) is 1.87. The summed E-state index contributed by atoms with van der Waals surface area (Å²) in [5.41, 5.74) is 6.39. The van der Waals surface area contributed by atoms with E-state index in [2.05, 4.69) is 11.9 Å². The third kappa shape index (κ3) is 3.41. The Morgan fingerprint density at radius 3 is 2.79 bits per heavy atom. The van der Waals surface area contributed by atoms with Gasteiger partial charge in [0.25, 0.3) is 0 Å². The van der Waals surface area contributed by atoms with Crippen molar-refractivity contribution in [1.82, 2.24) is 0 Å². The second-order valence-corrected chi connectivity index (χ2v) is 6.28. The molecule has 0 spiro atoms. The number of carbonyl (C=O) groups is 1. The van der Waals surface area contributed by atoms with Crippen molar-refractivity contribution < 1.29 is 9.53 Å². The van der Waals surface area contributed by atoms with Crippen LogP contribution in [0.3, 0.4) is 0 Å². The van der Waals surface area contributed by atoms with Crippen molar-refractivity contribution in [2.24, 2.45) is 5.92 Å². The SMILES string of the molecule is COC(=O)c1sc(N(C)CC2CCCCC2)cc1N. The van der Waals surface area contributed by atoms with Crippen molar-refractivity contribution >= 4 is 28.0 Å². The molecule has 1 saturated carbocycles. The number of anilines is 2. The third-order valence-corrected chi connectivity index (χ3v) is 5.00. The molecule has 4 nitrogen and oxygen atoms in total. The van der Waals surface area contributed by atoms with E-state index in [1.165, 1.54) is 50.6 Å². The summed E-state index contributed by atoms with van der Waals surface area (Å²) in [5, 5.41) is 1.04. The van der Waals surface area contributed by atoms with Gasteiger partial charge in [-0.1, -0.05) is 19.3 Å². The van der Waals surface area contributed by atoms with E-state index in [-0.39, 0.29) is 5.97 Å². The fraction of sp³-hybridized carbons (Fsp3) is 0.643. The first-order valence-corrected chi connectivity index (χ1v) is 7.62. The van der Waals surface area contributed by atoms with Crippen molar-refractivity contribution in [2.45, 2.75) is 32.1 Å². The van der Waals surface area contributed by atoms with Gasteiger partial charge in [0.15, 0.2) is 0 Å². The number of ether oxygens (including phenoxy) is 1. The Labute approximate surface area is 118 Å². The third-order valence-electron chi connectivity index (χ3n) is 3.75. The molecule has 19 heavy (non-hydrogen) atoms.